The van der Waals surface area contributed by atoms with Crippen molar-refractivity contribution in [3.05, 3.63) is 65.5 Å². The van der Waals surface area contributed by atoms with E-state index in [1.54, 1.807) is 37.3 Å². The zero-order chi connectivity index (χ0) is 21.1. The molecule has 1 N–H and O–H groups in total. The van der Waals surface area contributed by atoms with Crippen LogP contribution in [0.2, 0.25) is 0 Å². The van der Waals surface area contributed by atoms with E-state index in [-0.39, 0.29) is 10.8 Å². The van der Waals surface area contributed by atoms with Crippen LogP contribution in [0, 0.1) is 6.92 Å². The molecular weight excluding hydrogens is 422 g/mol. The normalized spacial score (nSPS) is 11.4. The van der Waals surface area contributed by atoms with Crippen LogP contribution in [0.4, 0.5) is 5.69 Å². The van der Waals surface area contributed by atoms with Gasteiger partial charge in [0.2, 0.25) is 5.82 Å². The Labute approximate surface area is 178 Å². The Morgan fingerprint density at radius 1 is 1.10 bits per heavy atom. The molecule has 0 aliphatic carbocycles. The van der Waals surface area contributed by atoms with E-state index in [0.717, 1.165) is 5.56 Å². The topological polar surface area (TPSA) is 94.3 Å². The largest absolute Gasteiger partial charge is 0.492 e. The van der Waals surface area contributed by atoms with Gasteiger partial charge in [0.25, 0.3) is 15.9 Å². The van der Waals surface area contributed by atoms with Crippen LogP contribution in [0.15, 0.2) is 70.1 Å². The van der Waals surface area contributed by atoms with Crippen molar-refractivity contribution in [3.8, 4) is 27.9 Å². The maximum Gasteiger partial charge on any atom is 0.268 e. The highest BCUT2D eigenvalue weighted by Crippen LogP contribution is 2.35. The summed E-state index contributed by atoms with van der Waals surface area (Å²) in [7, 11) is -3.83. The Morgan fingerprint density at radius 3 is 2.60 bits per heavy atom. The van der Waals surface area contributed by atoms with Crippen LogP contribution in [0.5, 0.6) is 5.75 Å². The van der Waals surface area contributed by atoms with E-state index in [0.29, 0.717) is 33.6 Å². The Kier molecular flexibility index (Phi) is 5.56. The summed E-state index contributed by atoms with van der Waals surface area (Å²) in [6.07, 6.45) is 0. The number of anilines is 1. The fourth-order valence-electron chi connectivity index (χ4n) is 2.90. The molecular formula is C21H19N3O4S2. The number of aromatic nitrogens is 2. The highest BCUT2D eigenvalue weighted by Gasteiger charge is 2.24. The van der Waals surface area contributed by atoms with E-state index >= 15 is 0 Å². The third-order valence-electron chi connectivity index (χ3n) is 4.26. The van der Waals surface area contributed by atoms with Crippen LogP contribution in [0.1, 0.15) is 11.8 Å². The number of hydrogen-bond donors (Lipinski definition) is 1. The zero-order valence-corrected chi connectivity index (χ0v) is 18.0. The van der Waals surface area contributed by atoms with Gasteiger partial charge in [0.05, 0.1) is 17.2 Å². The molecule has 2 heterocycles. The predicted molar refractivity (Wildman–Crippen MR) is 116 cm³/mol. The third kappa shape index (κ3) is 4.07. The van der Waals surface area contributed by atoms with Gasteiger partial charge in [0, 0.05) is 10.4 Å². The molecule has 0 fully saturated rings. The first-order valence-electron chi connectivity index (χ1n) is 9.22. The van der Waals surface area contributed by atoms with Crippen molar-refractivity contribution in [2.24, 2.45) is 0 Å². The summed E-state index contributed by atoms with van der Waals surface area (Å²) in [6.45, 7) is 4.02. The second kappa shape index (κ2) is 8.29. The summed E-state index contributed by atoms with van der Waals surface area (Å²) in [5.74, 6) is 1.20. The lowest BCUT2D eigenvalue weighted by molar-refractivity contribution is 0.342. The number of hydrogen-bond acceptors (Lipinski definition) is 7. The molecule has 0 aliphatic rings. The molecule has 0 saturated heterocycles. The molecule has 154 valence electrons. The van der Waals surface area contributed by atoms with Gasteiger partial charge in [-0.1, -0.05) is 47.6 Å². The first-order valence-corrected chi connectivity index (χ1v) is 11.5. The summed E-state index contributed by atoms with van der Waals surface area (Å²) in [6, 6.07) is 17.9. The van der Waals surface area contributed by atoms with Gasteiger partial charge in [0.1, 0.15) is 10.6 Å². The molecule has 0 unspecified atom stereocenters. The predicted octanol–water partition coefficient (Wildman–Crippen LogP) is 4.97. The molecule has 0 spiro atoms. The highest BCUT2D eigenvalue weighted by atomic mass is 32.2. The van der Waals surface area contributed by atoms with Gasteiger partial charge >= 0.3 is 0 Å². The fraction of sp³-hybridized carbons (Fsp3) is 0.143. The Morgan fingerprint density at radius 2 is 1.83 bits per heavy atom. The minimum atomic E-state index is -3.83. The van der Waals surface area contributed by atoms with E-state index in [2.05, 4.69) is 14.9 Å². The molecule has 4 rings (SSSR count). The van der Waals surface area contributed by atoms with Crippen molar-refractivity contribution < 1.29 is 17.7 Å². The molecule has 9 heteroatoms. The van der Waals surface area contributed by atoms with Gasteiger partial charge in [0.15, 0.2) is 0 Å². The number of rotatable bonds is 7. The van der Waals surface area contributed by atoms with Crippen molar-refractivity contribution >= 4 is 27.0 Å². The number of para-hydroxylation sites is 2. The summed E-state index contributed by atoms with van der Waals surface area (Å²) < 4.78 is 39.5. The van der Waals surface area contributed by atoms with Crippen LogP contribution in [-0.2, 0) is 10.0 Å². The minimum absolute atomic E-state index is 0.160. The van der Waals surface area contributed by atoms with Gasteiger partial charge < -0.3 is 9.26 Å². The molecule has 0 bridgehead atoms. The van der Waals surface area contributed by atoms with Gasteiger partial charge in [-0.25, -0.2) is 8.42 Å². The van der Waals surface area contributed by atoms with E-state index in [1.165, 1.54) is 11.3 Å². The summed E-state index contributed by atoms with van der Waals surface area (Å²) >= 11 is 1.28. The van der Waals surface area contributed by atoms with Crippen LogP contribution >= 0.6 is 11.3 Å². The maximum absolute atomic E-state index is 13.0. The molecule has 0 aliphatic heterocycles. The number of nitrogens with zero attached hydrogens (tertiary/aromatic N) is 2. The van der Waals surface area contributed by atoms with E-state index in [4.69, 9.17) is 9.26 Å². The van der Waals surface area contributed by atoms with Crippen LogP contribution < -0.4 is 9.46 Å². The summed E-state index contributed by atoms with van der Waals surface area (Å²) in [5.41, 5.74) is 1.21. The molecule has 7 nitrogen and oxygen atoms in total. The quantitative estimate of drug-likeness (QED) is 0.435. The molecule has 0 amide bonds. The number of aryl methyl sites for hydroxylation is 1. The molecule has 0 atom stereocenters. The van der Waals surface area contributed by atoms with Gasteiger partial charge in [-0.05, 0) is 32.0 Å². The Hall–Kier alpha value is -3.17. The van der Waals surface area contributed by atoms with Crippen LogP contribution in [0.3, 0.4) is 0 Å². The minimum Gasteiger partial charge on any atom is -0.492 e. The SMILES string of the molecule is CCOc1ccccc1NS(=O)(=O)c1cc(-c2nc(-c3ccccc3)no2)sc1C. The van der Waals surface area contributed by atoms with Gasteiger partial charge in [-0.2, -0.15) is 4.98 Å². The highest BCUT2D eigenvalue weighted by molar-refractivity contribution is 7.93. The number of benzene rings is 2. The van der Waals surface area contributed by atoms with E-state index in [1.807, 2.05) is 37.3 Å². The lowest BCUT2D eigenvalue weighted by Gasteiger charge is -2.12. The van der Waals surface area contributed by atoms with Crippen molar-refractivity contribution in [2.45, 2.75) is 18.7 Å². The molecule has 4 aromatic rings. The number of ether oxygens (including phenoxy) is 1. The molecule has 0 radical (unpaired) electrons. The Bertz CT molecular complexity index is 1260. The monoisotopic (exact) mass is 441 g/mol. The van der Waals surface area contributed by atoms with Gasteiger partial charge in [-0.15, -0.1) is 11.3 Å². The second-order valence-corrected chi connectivity index (χ2v) is 9.26. The zero-order valence-electron chi connectivity index (χ0n) is 16.3. The average Bonchev–Trinajstić information content (AvgIpc) is 3.37. The average molecular weight is 442 g/mol. The fourth-order valence-corrected chi connectivity index (χ4v) is 5.48. The van der Waals surface area contributed by atoms with Crippen molar-refractivity contribution in [1.82, 2.24) is 10.1 Å². The first kappa shape index (κ1) is 20.1. The van der Waals surface area contributed by atoms with Crippen molar-refractivity contribution in [2.75, 3.05) is 11.3 Å². The number of nitrogens with one attached hydrogen (secondary N) is 1. The van der Waals surface area contributed by atoms with Crippen molar-refractivity contribution in [1.29, 1.82) is 0 Å². The summed E-state index contributed by atoms with van der Waals surface area (Å²) in [4.78, 5) is 5.77. The molecule has 2 aromatic heterocycles. The lowest BCUT2D eigenvalue weighted by atomic mass is 10.2. The van der Waals surface area contributed by atoms with E-state index in [9.17, 15) is 8.42 Å². The van der Waals surface area contributed by atoms with Gasteiger partial charge in [-0.3, -0.25) is 4.72 Å². The van der Waals surface area contributed by atoms with Crippen LogP contribution in [-0.4, -0.2) is 25.2 Å². The first-order chi connectivity index (χ1) is 14.5. The molecule has 2 aromatic carbocycles. The number of sulfonamides is 1. The van der Waals surface area contributed by atoms with E-state index < -0.39 is 10.0 Å². The Balaban J connectivity index is 1.64. The maximum atomic E-state index is 13.0. The molecule has 0 saturated carbocycles. The standard InChI is InChI=1S/C21H19N3O4S2/c1-3-27-17-12-8-7-11-16(17)24-30(25,26)19-13-18(29-14(19)2)21-22-20(23-28-21)15-9-5-4-6-10-15/h4-13,24H,3H2,1-2H3. The molecule has 30 heavy (non-hydrogen) atoms. The second-order valence-electron chi connectivity index (χ2n) is 6.35. The third-order valence-corrected chi connectivity index (χ3v) is 6.92. The smallest absolute Gasteiger partial charge is 0.268 e. The summed E-state index contributed by atoms with van der Waals surface area (Å²) in [5, 5.41) is 4.00. The van der Waals surface area contributed by atoms with Crippen LogP contribution in [0.25, 0.3) is 22.2 Å². The lowest BCUT2D eigenvalue weighted by Crippen LogP contribution is -2.14. The number of thiophene rings is 1. The van der Waals surface area contributed by atoms with Crippen molar-refractivity contribution in [3.63, 3.8) is 0 Å².